The van der Waals surface area contributed by atoms with E-state index in [4.69, 9.17) is 4.74 Å². The number of alkyl halides is 3. The van der Waals surface area contributed by atoms with Gasteiger partial charge in [0.15, 0.2) is 5.60 Å². The number of carboxylic acid groups (broad SMARTS) is 1. The molecule has 2 fully saturated rings. The highest BCUT2D eigenvalue weighted by Gasteiger charge is 2.51. The van der Waals surface area contributed by atoms with Crippen molar-refractivity contribution in [3.8, 4) is 0 Å². The van der Waals surface area contributed by atoms with Gasteiger partial charge < -0.3 is 24.6 Å². The van der Waals surface area contributed by atoms with Gasteiger partial charge in [-0.05, 0) is 36.1 Å². The second-order valence-electron chi connectivity index (χ2n) is 9.56. The van der Waals surface area contributed by atoms with Crippen LogP contribution in [0.2, 0.25) is 0 Å². The number of hydrogen-bond acceptors (Lipinski definition) is 9. The van der Waals surface area contributed by atoms with Crippen LogP contribution in [0.4, 0.5) is 18.9 Å². The van der Waals surface area contributed by atoms with E-state index in [1.54, 1.807) is 11.4 Å². The molecular formula is C24H29F3N3O6S2-. The number of carboxylic acids is 1. The Bertz CT molecular complexity index is 1210. The molecule has 38 heavy (non-hydrogen) atoms. The lowest BCUT2D eigenvalue weighted by Gasteiger charge is -2.46. The molecule has 2 aromatic rings. The van der Waals surface area contributed by atoms with Gasteiger partial charge in [-0.3, -0.25) is 4.90 Å². The number of halogens is 3. The molecule has 0 amide bonds. The van der Waals surface area contributed by atoms with E-state index in [2.05, 4.69) is 0 Å². The molecule has 1 aromatic heterocycles. The van der Waals surface area contributed by atoms with Crippen LogP contribution in [0.5, 0.6) is 0 Å². The summed E-state index contributed by atoms with van der Waals surface area (Å²) >= 11 is 1.11. The minimum atomic E-state index is -4.86. The highest BCUT2D eigenvalue weighted by atomic mass is 32.2. The minimum absolute atomic E-state index is 0.0949. The van der Waals surface area contributed by atoms with E-state index >= 15 is 0 Å². The normalized spacial score (nSPS) is 23.8. The van der Waals surface area contributed by atoms with Crippen LogP contribution in [0.15, 0.2) is 46.0 Å². The number of piperazine rings is 1. The van der Waals surface area contributed by atoms with E-state index in [1.807, 2.05) is 9.80 Å². The lowest BCUT2D eigenvalue weighted by atomic mass is 9.95. The maximum absolute atomic E-state index is 13.3. The number of anilines is 1. The van der Waals surface area contributed by atoms with Crippen LogP contribution in [-0.2, 0) is 25.2 Å². The second kappa shape index (κ2) is 11.1. The zero-order valence-electron chi connectivity index (χ0n) is 20.6. The van der Waals surface area contributed by atoms with E-state index in [9.17, 15) is 36.6 Å². The molecule has 3 atom stereocenters. The number of rotatable bonds is 8. The zero-order valence-corrected chi connectivity index (χ0v) is 22.3. The third-order valence-electron chi connectivity index (χ3n) is 7.04. The molecule has 0 bridgehead atoms. The van der Waals surface area contributed by atoms with E-state index in [0.29, 0.717) is 32.3 Å². The predicted octanol–water partition coefficient (Wildman–Crippen LogP) is 1.24. The fourth-order valence-electron chi connectivity index (χ4n) is 4.80. The number of benzene rings is 1. The van der Waals surface area contributed by atoms with Crippen LogP contribution in [-0.4, -0.2) is 92.9 Å². The van der Waals surface area contributed by atoms with Gasteiger partial charge in [0.1, 0.15) is 4.21 Å². The van der Waals surface area contributed by atoms with Crippen LogP contribution < -0.4 is 10.0 Å². The minimum Gasteiger partial charge on any atom is -0.550 e. The number of sulfonamides is 1. The average molecular weight is 577 g/mol. The molecule has 0 aliphatic carbocycles. The number of carbonyl (C=O) groups is 1. The molecule has 210 valence electrons. The van der Waals surface area contributed by atoms with Gasteiger partial charge in [-0.25, -0.2) is 8.42 Å². The number of thiophene rings is 1. The number of aliphatic carboxylic acids is 1. The molecular weight excluding hydrogens is 547 g/mol. The van der Waals surface area contributed by atoms with Crippen LogP contribution in [0, 0.1) is 0 Å². The van der Waals surface area contributed by atoms with Crippen molar-refractivity contribution in [3.05, 3.63) is 47.3 Å². The van der Waals surface area contributed by atoms with Crippen molar-refractivity contribution >= 4 is 33.0 Å². The number of hydrogen-bond donors (Lipinski definition) is 1. The standard InChI is InChI=1S/C24H30F3N3O6S2/c1-23(33,24(25,26)27)17-4-6-18(7-5-17)30-9-8-29(38(34,35)22-3-2-12-37-22)15-20(30)14-28-10-11-36-16-19(28)13-21(31)32/h2-7,12,19-20,33H,8-11,13-16H2,1H3,(H,31,32)/p-1/t19?,20-,23?/m0/s1. The fourth-order valence-corrected chi connectivity index (χ4v) is 7.41. The third kappa shape index (κ3) is 6.00. The summed E-state index contributed by atoms with van der Waals surface area (Å²) in [4.78, 5) is 15.1. The smallest absolute Gasteiger partial charge is 0.421 e. The van der Waals surface area contributed by atoms with Crippen molar-refractivity contribution in [1.29, 1.82) is 0 Å². The van der Waals surface area contributed by atoms with Crippen LogP contribution in [0.1, 0.15) is 18.9 Å². The molecule has 0 saturated carbocycles. The Balaban J connectivity index is 1.62. The molecule has 1 aromatic carbocycles. The Morgan fingerprint density at radius 3 is 2.47 bits per heavy atom. The van der Waals surface area contributed by atoms with Gasteiger partial charge in [-0.1, -0.05) is 18.2 Å². The maximum atomic E-state index is 13.3. The van der Waals surface area contributed by atoms with E-state index in [0.717, 1.165) is 11.3 Å². The van der Waals surface area contributed by atoms with Gasteiger partial charge in [0.2, 0.25) is 0 Å². The lowest BCUT2D eigenvalue weighted by Crippen LogP contribution is -2.60. The number of morpholine rings is 1. The maximum Gasteiger partial charge on any atom is 0.421 e. The second-order valence-corrected chi connectivity index (χ2v) is 12.7. The van der Waals surface area contributed by atoms with Gasteiger partial charge in [-0.2, -0.15) is 17.5 Å². The Morgan fingerprint density at radius 2 is 1.87 bits per heavy atom. The summed E-state index contributed by atoms with van der Waals surface area (Å²) in [5, 5.41) is 23.0. The summed E-state index contributed by atoms with van der Waals surface area (Å²) in [6, 6.07) is 7.67. The Labute approximate surface area is 223 Å². The Hall–Kier alpha value is -2.23. The monoisotopic (exact) mass is 576 g/mol. The number of aliphatic hydroxyl groups is 1. The van der Waals surface area contributed by atoms with Crippen molar-refractivity contribution in [1.82, 2.24) is 9.21 Å². The molecule has 0 spiro atoms. The van der Waals surface area contributed by atoms with Gasteiger partial charge in [0, 0.05) is 56.8 Å². The number of nitrogens with zero attached hydrogens (tertiary/aromatic N) is 3. The largest absolute Gasteiger partial charge is 0.550 e. The molecule has 2 aliphatic rings. The van der Waals surface area contributed by atoms with Crippen LogP contribution in [0.3, 0.4) is 0 Å². The lowest BCUT2D eigenvalue weighted by molar-refractivity contribution is -0.307. The van der Waals surface area contributed by atoms with E-state index in [1.165, 1.54) is 34.6 Å². The number of ether oxygens (including phenoxy) is 1. The first-order valence-electron chi connectivity index (χ1n) is 12.0. The van der Waals surface area contributed by atoms with Crippen molar-refractivity contribution in [2.75, 3.05) is 50.8 Å². The van der Waals surface area contributed by atoms with Crippen molar-refractivity contribution in [2.45, 2.75) is 41.4 Å². The van der Waals surface area contributed by atoms with Crippen LogP contribution >= 0.6 is 11.3 Å². The van der Waals surface area contributed by atoms with Gasteiger partial charge in [0.05, 0.1) is 19.3 Å². The zero-order chi connectivity index (χ0) is 27.7. The first-order chi connectivity index (χ1) is 17.8. The third-order valence-corrected chi connectivity index (χ3v) is 10.3. The highest BCUT2D eigenvalue weighted by molar-refractivity contribution is 7.91. The quantitative estimate of drug-likeness (QED) is 0.500. The average Bonchev–Trinajstić information content (AvgIpc) is 3.40. The SMILES string of the molecule is CC(O)(c1ccc(N2CCN(S(=O)(=O)c3cccs3)C[C@@H]2CN2CCOCC2CC(=O)[O-])cc1)C(F)(F)F. The van der Waals surface area contributed by atoms with Crippen molar-refractivity contribution in [2.24, 2.45) is 0 Å². The van der Waals surface area contributed by atoms with Gasteiger partial charge >= 0.3 is 6.18 Å². The predicted molar refractivity (Wildman–Crippen MR) is 132 cm³/mol. The summed E-state index contributed by atoms with van der Waals surface area (Å²) in [6.45, 7) is 2.53. The molecule has 4 rings (SSSR count). The topological polar surface area (TPSA) is 113 Å². The summed E-state index contributed by atoms with van der Waals surface area (Å²) < 4.78 is 73.5. The summed E-state index contributed by atoms with van der Waals surface area (Å²) in [5.74, 6) is -1.22. The molecule has 9 nitrogen and oxygen atoms in total. The summed E-state index contributed by atoms with van der Waals surface area (Å²) in [6.07, 6.45) is -5.10. The molecule has 0 radical (unpaired) electrons. The van der Waals surface area contributed by atoms with E-state index < -0.39 is 39.9 Å². The van der Waals surface area contributed by atoms with E-state index in [-0.39, 0.29) is 42.4 Å². The molecule has 3 heterocycles. The molecule has 1 N–H and O–H groups in total. The first kappa shape index (κ1) is 28.8. The van der Waals surface area contributed by atoms with Crippen molar-refractivity contribution in [3.63, 3.8) is 0 Å². The fraction of sp³-hybridized carbons (Fsp3) is 0.542. The molecule has 2 aliphatic heterocycles. The van der Waals surface area contributed by atoms with Gasteiger partial charge in [-0.15, -0.1) is 11.3 Å². The summed E-state index contributed by atoms with van der Waals surface area (Å²) in [5.41, 5.74) is -2.77. The Morgan fingerprint density at radius 1 is 1.16 bits per heavy atom. The van der Waals surface area contributed by atoms with Gasteiger partial charge in [0.25, 0.3) is 10.0 Å². The molecule has 2 saturated heterocycles. The molecule has 14 heteroatoms. The van der Waals surface area contributed by atoms with Crippen LogP contribution in [0.25, 0.3) is 0 Å². The number of carbonyl (C=O) groups excluding carboxylic acids is 1. The molecule has 2 unspecified atom stereocenters. The first-order valence-corrected chi connectivity index (χ1v) is 14.3. The highest BCUT2D eigenvalue weighted by Crippen LogP contribution is 2.39. The Kier molecular flexibility index (Phi) is 8.40. The van der Waals surface area contributed by atoms with Crippen molar-refractivity contribution < 1.29 is 41.3 Å². The summed E-state index contributed by atoms with van der Waals surface area (Å²) in [7, 11) is -3.75.